The van der Waals surface area contributed by atoms with Crippen LogP contribution in [0.2, 0.25) is 0 Å². The molecule has 12 heavy (non-hydrogen) atoms. The number of hydrogen-bond donors (Lipinski definition) is 0. The number of carbonyl (C=O) groups excluding carboxylic acids is 1. The van der Waals surface area contributed by atoms with Gasteiger partial charge in [-0.3, -0.25) is 0 Å². The van der Waals surface area contributed by atoms with Gasteiger partial charge < -0.3 is 28.7 Å². The van der Waals surface area contributed by atoms with Gasteiger partial charge in [0.1, 0.15) is 0 Å². The number of carbonyl (C=O) groups is 1. The van der Waals surface area contributed by atoms with Crippen LogP contribution in [0.3, 0.4) is 0 Å². The maximum Gasteiger partial charge on any atom is 0.337 e. The largest absolute Gasteiger partial charge is 1.00 e. The third-order valence-electron chi connectivity index (χ3n) is 1.13. The number of benzene rings is 1. The Morgan fingerprint density at radius 1 is 1.58 bits per heavy atom. The molecule has 0 bridgehead atoms. The van der Waals surface area contributed by atoms with Crippen LogP contribution in [-0.4, -0.2) is 13.1 Å². The van der Waals surface area contributed by atoms with Gasteiger partial charge in [-0.2, -0.15) is 0 Å². The van der Waals surface area contributed by atoms with Gasteiger partial charge >= 0.3 is 5.97 Å². The molecule has 0 amide bonds. The fourth-order valence-electron chi connectivity index (χ4n) is 0.638. The molecule has 0 saturated carbocycles. The van der Waals surface area contributed by atoms with Crippen LogP contribution in [-0.2, 0) is 24.2 Å². The molecule has 2 nitrogen and oxygen atoms in total. The van der Waals surface area contributed by atoms with E-state index in [2.05, 4.69) is 10.8 Å². The topological polar surface area (TPSA) is 26.3 Å². The predicted octanol–water partition coefficient (Wildman–Crippen LogP) is -1.73. The zero-order chi connectivity index (χ0) is 7.40. The molecule has 0 aliphatic rings. The molecule has 0 aliphatic heterocycles. The van der Waals surface area contributed by atoms with Crippen molar-refractivity contribution >= 4 is 5.97 Å². The maximum absolute atomic E-state index is 10.8. The summed E-state index contributed by atoms with van der Waals surface area (Å²) >= 11 is 0. The first-order chi connectivity index (χ1) is 4.84. The Balaban J connectivity index is 0. The van der Waals surface area contributed by atoms with Crippen molar-refractivity contribution in [3.8, 4) is 0 Å². The molecule has 0 atom stereocenters. The van der Waals surface area contributed by atoms with Gasteiger partial charge in [-0.25, -0.2) is 4.79 Å². The normalized spacial score (nSPS) is 7.42. The monoisotopic (exact) mass is 326 g/mol. The average molecular weight is 327 g/mol. The van der Waals surface area contributed by atoms with Gasteiger partial charge in [-0.05, 0) is 18.2 Å². The Kier molecular flexibility index (Phi) is 9.32. The predicted molar refractivity (Wildman–Crippen MR) is 36.6 cm³/mol. The van der Waals surface area contributed by atoms with Crippen molar-refractivity contribution in [2.75, 3.05) is 7.11 Å². The van der Waals surface area contributed by atoms with Crippen molar-refractivity contribution in [3.63, 3.8) is 0 Å². The third-order valence-corrected chi connectivity index (χ3v) is 1.13. The molecule has 4 heteroatoms. The summed E-state index contributed by atoms with van der Waals surface area (Å²) in [4.78, 5) is 10.8. The molecule has 0 fully saturated rings. The number of ether oxygens (including phenoxy) is 1. The van der Waals surface area contributed by atoms with E-state index in [1.807, 2.05) is 0 Å². The summed E-state index contributed by atoms with van der Waals surface area (Å²) in [5.74, 6) is -0.322. The minimum Gasteiger partial charge on any atom is -1.00 e. The smallest absolute Gasteiger partial charge is 0.337 e. The molecule has 0 aliphatic carbocycles. The second-order valence-corrected chi connectivity index (χ2v) is 1.78. The number of esters is 1. The third kappa shape index (κ3) is 4.16. The second kappa shape index (κ2) is 7.68. The summed E-state index contributed by atoms with van der Waals surface area (Å²) < 4.78 is 4.48. The van der Waals surface area contributed by atoms with E-state index >= 15 is 0 Å². The van der Waals surface area contributed by atoms with Gasteiger partial charge in [0, 0.05) is 19.5 Å². The second-order valence-electron chi connectivity index (χ2n) is 1.78. The van der Waals surface area contributed by atoms with Crippen molar-refractivity contribution in [1.82, 2.24) is 0 Å². The SMILES string of the molecule is COC(=O)c1c[c]ccc1.[I-].[Zn]. The number of halogens is 1. The Morgan fingerprint density at radius 2 is 2.25 bits per heavy atom. The summed E-state index contributed by atoms with van der Waals surface area (Å²) in [6, 6.07) is 9.52. The molecule has 1 aromatic carbocycles. The van der Waals surface area contributed by atoms with Gasteiger partial charge in [0.15, 0.2) is 0 Å². The van der Waals surface area contributed by atoms with Crippen LogP contribution < -0.4 is 24.0 Å². The molecule has 0 heterocycles. The van der Waals surface area contributed by atoms with Crippen molar-refractivity contribution in [3.05, 3.63) is 35.9 Å². The average Bonchev–Trinajstić information content (AvgIpc) is 2.05. The Bertz CT molecular complexity index is 226. The van der Waals surface area contributed by atoms with E-state index < -0.39 is 0 Å². The standard InChI is InChI=1S/C8H7O2.HI.Zn/c1-10-8(9)7-5-3-2-4-6-7;;/h2-3,5-6H,1H3;1H;/p-1. The summed E-state index contributed by atoms with van der Waals surface area (Å²) in [5, 5.41) is 0. The van der Waals surface area contributed by atoms with E-state index in [9.17, 15) is 4.79 Å². The van der Waals surface area contributed by atoms with Crippen LogP contribution in [0.15, 0.2) is 24.3 Å². The first-order valence-electron chi connectivity index (χ1n) is 2.89. The van der Waals surface area contributed by atoms with Gasteiger partial charge in [0.05, 0.1) is 12.7 Å². The molecule has 0 saturated heterocycles. The van der Waals surface area contributed by atoms with Gasteiger partial charge in [0.25, 0.3) is 0 Å². The van der Waals surface area contributed by atoms with Crippen LogP contribution in [0.4, 0.5) is 0 Å². The first-order valence-corrected chi connectivity index (χ1v) is 2.89. The fourth-order valence-corrected chi connectivity index (χ4v) is 0.638. The quantitative estimate of drug-likeness (QED) is 0.348. The van der Waals surface area contributed by atoms with Crippen molar-refractivity contribution < 1.29 is 53.0 Å². The van der Waals surface area contributed by atoms with Gasteiger partial charge in [0.2, 0.25) is 0 Å². The fraction of sp³-hybridized carbons (Fsp3) is 0.125. The zero-order valence-corrected chi connectivity index (χ0v) is 11.8. The minimum atomic E-state index is -0.322. The summed E-state index contributed by atoms with van der Waals surface area (Å²) in [7, 11) is 1.36. The van der Waals surface area contributed by atoms with Crippen molar-refractivity contribution in [2.24, 2.45) is 0 Å². The molecule has 0 unspecified atom stereocenters. The summed E-state index contributed by atoms with van der Waals surface area (Å²) in [5.41, 5.74) is 0.532. The molecule has 1 rings (SSSR count). The van der Waals surface area contributed by atoms with E-state index in [0.29, 0.717) is 5.56 Å². The first kappa shape index (κ1) is 14.6. The van der Waals surface area contributed by atoms with E-state index in [1.54, 1.807) is 24.3 Å². The van der Waals surface area contributed by atoms with Crippen LogP contribution in [0, 0.1) is 6.07 Å². The Labute approximate surface area is 101 Å². The van der Waals surface area contributed by atoms with Crippen LogP contribution in [0.1, 0.15) is 10.4 Å². The maximum atomic E-state index is 10.8. The van der Waals surface area contributed by atoms with E-state index in [1.165, 1.54) is 7.11 Å². The van der Waals surface area contributed by atoms with Gasteiger partial charge in [-0.1, -0.05) is 12.1 Å². The number of rotatable bonds is 1. The Hall–Kier alpha value is 0.0434. The molecule has 61 valence electrons. The van der Waals surface area contributed by atoms with Crippen LogP contribution >= 0.6 is 0 Å². The zero-order valence-electron chi connectivity index (χ0n) is 6.71. The molecule has 0 aromatic heterocycles. The molecule has 1 radical (unpaired) electrons. The number of methoxy groups -OCH3 is 1. The minimum absolute atomic E-state index is 0. The molecule has 0 spiro atoms. The van der Waals surface area contributed by atoms with Crippen LogP contribution in [0.25, 0.3) is 0 Å². The van der Waals surface area contributed by atoms with E-state index in [0.717, 1.165) is 0 Å². The Morgan fingerprint density at radius 3 is 2.67 bits per heavy atom. The van der Waals surface area contributed by atoms with Crippen molar-refractivity contribution in [2.45, 2.75) is 0 Å². The summed E-state index contributed by atoms with van der Waals surface area (Å²) in [6.07, 6.45) is 0. The molecular weight excluding hydrogens is 320 g/mol. The van der Waals surface area contributed by atoms with E-state index in [4.69, 9.17) is 0 Å². The van der Waals surface area contributed by atoms with Gasteiger partial charge in [-0.15, -0.1) is 0 Å². The number of hydrogen-bond acceptors (Lipinski definition) is 2. The molecule has 0 N–H and O–H groups in total. The molecule has 1 aromatic rings. The summed E-state index contributed by atoms with van der Waals surface area (Å²) in [6.45, 7) is 0. The van der Waals surface area contributed by atoms with E-state index in [-0.39, 0.29) is 49.4 Å². The molecular formula is C8H7IO2Zn-. The van der Waals surface area contributed by atoms with Crippen molar-refractivity contribution in [1.29, 1.82) is 0 Å². The van der Waals surface area contributed by atoms with Crippen LogP contribution in [0.5, 0.6) is 0 Å².